The summed E-state index contributed by atoms with van der Waals surface area (Å²) in [7, 11) is 4.38. The molecule has 0 N–H and O–H groups in total. The van der Waals surface area contributed by atoms with Crippen molar-refractivity contribution in [3.63, 3.8) is 0 Å². The molecule has 1 aromatic heterocycles. The quantitative estimate of drug-likeness (QED) is 0.442. The number of aromatic nitrogens is 2. The number of allylic oxidation sites excluding steroid dienone is 1. The minimum absolute atomic E-state index is 0.135. The lowest BCUT2D eigenvalue weighted by molar-refractivity contribution is 0.184. The largest absolute Gasteiger partial charge is 0.334 e. The second-order valence-corrected chi connectivity index (χ2v) is 10.2. The van der Waals surface area contributed by atoms with Crippen molar-refractivity contribution < 1.29 is 4.52 Å². The Morgan fingerprint density at radius 2 is 1.62 bits per heavy atom. The van der Waals surface area contributed by atoms with E-state index in [9.17, 15) is 0 Å². The highest BCUT2D eigenvalue weighted by molar-refractivity contribution is 5.57. The summed E-state index contributed by atoms with van der Waals surface area (Å²) in [5, 5.41) is 4.21. The Labute approximate surface area is 192 Å². The van der Waals surface area contributed by atoms with Crippen molar-refractivity contribution in [1.29, 1.82) is 0 Å². The van der Waals surface area contributed by atoms with E-state index in [2.05, 4.69) is 111 Å². The molecule has 0 saturated heterocycles. The van der Waals surface area contributed by atoms with Crippen LogP contribution >= 0.6 is 0 Å². The maximum Gasteiger partial charge on any atom is 0.250 e. The van der Waals surface area contributed by atoms with E-state index in [-0.39, 0.29) is 5.41 Å². The molecule has 0 amide bonds. The zero-order valence-corrected chi connectivity index (χ0v) is 20.0. The van der Waals surface area contributed by atoms with E-state index in [1.54, 1.807) is 0 Å². The Morgan fingerprint density at radius 1 is 0.969 bits per heavy atom. The van der Waals surface area contributed by atoms with Crippen LogP contribution in [0.1, 0.15) is 69.5 Å². The van der Waals surface area contributed by atoms with Crippen LogP contribution in [0.5, 0.6) is 0 Å². The lowest BCUT2D eigenvalue weighted by atomic mass is 9.78. The van der Waals surface area contributed by atoms with Crippen LogP contribution in [0.3, 0.4) is 0 Å². The van der Waals surface area contributed by atoms with Crippen LogP contribution in [0.15, 0.2) is 64.7 Å². The van der Waals surface area contributed by atoms with Gasteiger partial charge in [0, 0.05) is 17.7 Å². The first-order valence-electron chi connectivity index (χ1n) is 11.7. The molecule has 0 spiro atoms. The molecule has 1 saturated carbocycles. The second kappa shape index (κ2) is 9.41. The van der Waals surface area contributed by atoms with Gasteiger partial charge in [0.25, 0.3) is 5.89 Å². The number of rotatable bonds is 5. The topological polar surface area (TPSA) is 42.2 Å². The zero-order chi connectivity index (χ0) is 22.7. The highest BCUT2D eigenvalue weighted by atomic mass is 16.5. The molecule has 0 aliphatic heterocycles. The second-order valence-electron chi connectivity index (χ2n) is 10.2. The average molecular weight is 430 g/mol. The summed E-state index contributed by atoms with van der Waals surface area (Å²) in [5.41, 5.74) is 5.25. The van der Waals surface area contributed by atoms with Gasteiger partial charge in [-0.15, -0.1) is 0 Å². The van der Waals surface area contributed by atoms with Crippen LogP contribution in [-0.2, 0) is 5.41 Å². The van der Waals surface area contributed by atoms with E-state index in [0.717, 1.165) is 18.4 Å². The summed E-state index contributed by atoms with van der Waals surface area (Å²) in [5.74, 6) is 1.92. The lowest BCUT2D eigenvalue weighted by Gasteiger charge is -2.36. The molecular weight excluding hydrogens is 394 g/mol. The van der Waals surface area contributed by atoms with E-state index in [0.29, 0.717) is 23.7 Å². The fraction of sp³-hybridized carbons (Fsp3) is 0.429. The highest BCUT2D eigenvalue weighted by Gasteiger charge is 2.28. The van der Waals surface area contributed by atoms with Crippen LogP contribution in [0.25, 0.3) is 17.5 Å². The molecule has 1 unspecified atom stereocenters. The Balaban J connectivity index is 1.42. The van der Waals surface area contributed by atoms with Crippen molar-refractivity contribution >= 4 is 6.08 Å². The van der Waals surface area contributed by atoms with Gasteiger partial charge in [-0.3, -0.25) is 0 Å². The van der Waals surface area contributed by atoms with Crippen LogP contribution in [0, 0.1) is 5.92 Å². The Morgan fingerprint density at radius 3 is 2.22 bits per heavy atom. The van der Waals surface area contributed by atoms with Crippen molar-refractivity contribution in [2.75, 3.05) is 14.1 Å². The van der Waals surface area contributed by atoms with E-state index >= 15 is 0 Å². The van der Waals surface area contributed by atoms with Gasteiger partial charge in [0.15, 0.2) is 0 Å². The zero-order valence-electron chi connectivity index (χ0n) is 20.0. The molecule has 4 nitrogen and oxygen atoms in total. The third kappa shape index (κ3) is 5.18. The summed E-state index contributed by atoms with van der Waals surface area (Å²) in [4.78, 5) is 7.00. The molecule has 0 bridgehead atoms. The SMILES string of the molecule is CN(C)C(c1ccccc1)C1CCC(=Cc2nc(-c3ccc(C(C)(C)C)cc3)no2)CC1. The van der Waals surface area contributed by atoms with E-state index < -0.39 is 0 Å². The first-order valence-corrected chi connectivity index (χ1v) is 11.7. The summed E-state index contributed by atoms with van der Waals surface area (Å²) >= 11 is 0. The minimum Gasteiger partial charge on any atom is -0.334 e. The first kappa shape index (κ1) is 22.5. The summed E-state index contributed by atoms with van der Waals surface area (Å²) in [6, 6.07) is 19.8. The van der Waals surface area contributed by atoms with Gasteiger partial charge < -0.3 is 9.42 Å². The molecule has 1 fully saturated rings. The molecule has 1 atom stereocenters. The normalized spacial score (nSPS) is 18.1. The van der Waals surface area contributed by atoms with Crippen LogP contribution < -0.4 is 0 Å². The monoisotopic (exact) mass is 429 g/mol. The van der Waals surface area contributed by atoms with E-state index in [4.69, 9.17) is 4.52 Å². The van der Waals surface area contributed by atoms with Crippen molar-refractivity contribution in [1.82, 2.24) is 15.0 Å². The van der Waals surface area contributed by atoms with Gasteiger partial charge >= 0.3 is 0 Å². The number of nitrogens with zero attached hydrogens (tertiary/aromatic N) is 3. The fourth-order valence-electron chi connectivity index (χ4n) is 4.82. The smallest absolute Gasteiger partial charge is 0.250 e. The third-order valence-corrected chi connectivity index (χ3v) is 6.59. The van der Waals surface area contributed by atoms with Gasteiger partial charge in [-0.05, 0) is 62.2 Å². The van der Waals surface area contributed by atoms with Gasteiger partial charge in [0.1, 0.15) is 0 Å². The summed E-state index contributed by atoms with van der Waals surface area (Å²) in [6.45, 7) is 6.65. The lowest BCUT2D eigenvalue weighted by Crippen LogP contribution is -2.29. The maximum absolute atomic E-state index is 5.56. The molecule has 0 radical (unpaired) electrons. The predicted molar refractivity (Wildman–Crippen MR) is 131 cm³/mol. The minimum atomic E-state index is 0.135. The standard InChI is InChI=1S/C28H35N3O/c1-28(2,3)24-17-15-23(16-18-24)27-29-25(32-30-27)19-20-11-13-22(14-12-20)26(31(4)5)21-9-7-6-8-10-21/h6-10,15-19,22,26H,11-14H2,1-5H3. The van der Waals surface area contributed by atoms with Crippen LogP contribution in [-0.4, -0.2) is 29.1 Å². The molecule has 1 aliphatic carbocycles. The molecular formula is C28H35N3O. The summed E-state index contributed by atoms with van der Waals surface area (Å²) < 4.78 is 5.56. The molecule has 1 aliphatic rings. The Kier molecular flexibility index (Phi) is 6.61. The molecule has 168 valence electrons. The molecule has 4 rings (SSSR count). The van der Waals surface area contributed by atoms with Gasteiger partial charge in [0.05, 0.1) is 0 Å². The number of hydrogen-bond donors (Lipinski definition) is 0. The molecule has 3 aromatic rings. The third-order valence-electron chi connectivity index (χ3n) is 6.59. The summed E-state index contributed by atoms with van der Waals surface area (Å²) in [6.07, 6.45) is 6.63. The predicted octanol–water partition coefficient (Wildman–Crippen LogP) is 6.91. The van der Waals surface area contributed by atoms with Crippen molar-refractivity contribution in [2.24, 2.45) is 5.92 Å². The highest BCUT2D eigenvalue weighted by Crippen LogP contribution is 2.39. The Hall–Kier alpha value is -2.72. The van der Waals surface area contributed by atoms with Crippen LogP contribution in [0.4, 0.5) is 0 Å². The molecule has 1 heterocycles. The van der Waals surface area contributed by atoms with Gasteiger partial charge in [-0.25, -0.2) is 0 Å². The molecule has 32 heavy (non-hydrogen) atoms. The van der Waals surface area contributed by atoms with Crippen LogP contribution in [0.2, 0.25) is 0 Å². The van der Waals surface area contributed by atoms with Crippen molar-refractivity contribution in [3.05, 3.63) is 77.2 Å². The number of benzene rings is 2. The molecule has 4 heteroatoms. The van der Waals surface area contributed by atoms with Gasteiger partial charge in [-0.2, -0.15) is 4.98 Å². The van der Waals surface area contributed by atoms with E-state index in [1.807, 2.05) is 0 Å². The van der Waals surface area contributed by atoms with Gasteiger partial charge in [0.2, 0.25) is 5.82 Å². The first-order chi connectivity index (χ1) is 15.3. The van der Waals surface area contributed by atoms with Gasteiger partial charge in [-0.1, -0.05) is 86.1 Å². The fourth-order valence-corrected chi connectivity index (χ4v) is 4.82. The van der Waals surface area contributed by atoms with E-state index in [1.165, 1.54) is 29.5 Å². The number of hydrogen-bond acceptors (Lipinski definition) is 4. The molecule has 2 aromatic carbocycles. The van der Waals surface area contributed by atoms with Crippen molar-refractivity contribution in [2.45, 2.75) is 57.9 Å². The van der Waals surface area contributed by atoms with Crippen molar-refractivity contribution in [3.8, 4) is 11.4 Å². The average Bonchev–Trinajstić information content (AvgIpc) is 3.24. The maximum atomic E-state index is 5.56. The Bertz CT molecular complexity index is 1030.